The fourth-order valence-corrected chi connectivity index (χ4v) is 4.19. The maximum absolute atomic E-state index is 13.4. The van der Waals surface area contributed by atoms with Crippen LogP contribution in [0.2, 0.25) is 5.02 Å². The number of thioether (sulfide) groups is 1. The summed E-state index contributed by atoms with van der Waals surface area (Å²) < 4.78 is 44.8. The fourth-order valence-electron chi connectivity index (χ4n) is 2.92. The van der Waals surface area contributed by atoms with Gasteiger partial charge in [0, 0.05) is 39.6 Å². The topological polar surface area (TPSA) is 55.4 Å². The van der Waals surface area contributed by atoms with Crippen LogP contribution in [0.1, 0.15) is 37.6 Å². The molecule has 0 saturated carbocycles. The second-order valence-electron chi connectivity index (χ2n) is 7.56. The van der Waals surface area contributed by atoms with Gasteiger partial charge in [-0.15, -0.1) is 11.8 Å². The van der Waals surface area contributed by atoms with E-state index in [4.69, 9.17) is 16.3 Å². The van der Waals surface area contributed by atoms with E-state index in [2.05, 4.69) is 11.9 Å². The van der Waals surface area contributed by atoms with Crippen molar-refractivity contribution in [2.45, 2.75) is 37.3 Å². The summed E-state index contributed by atoms with van der Waals surface area (Å²) in [6.07, 6.45) is 3.79. The van der Waals surface area contributed by atoms with E-state index in [1.165, 1.54) is 23.9 Å². The number of nitrogens with one attached hydrogen (secondary N) is 1. The predicted octanol–water partition coefficient (Wildman–Crippen LogP) is 7.19. The average molecular weight is 512 g/mol. The molecule has 0 saturated heterocycles. The molecule has 0 bridgehead atoms. The highest BCUT2D eigenvalue weighted by Crippen LogP contribution is 2.35. The van der Waals surface area contributed by atoms with Gasteiger partial charge < -0.3 is 10.1 Å². The van der Waals surface area contributed by atoms with Crippen molar-refractivity contribution >= 4 is 40.9 Å². The standard InChI is InChI=1S/C25H25ClF3NO3S/c1-5-33-23(31)9-6-14(2)10-15(3)16(4)34-22-11-17(7-8-19(22)26)25(32)30-18-12-20(27)24(29)21(28)13-18/h6-9,11-14,16H,3,5,10H2,1-2,4H3,(H,30,32)/b9-6+/t14?,16-/m0/s1. The van der Waals surface area contributed by atoms with Gasteiger partial charge in [0.15, 0.2) is 17.5 Å². The van der Waals surface area contributed by atoms with Crippen molar-refractivity contribution in [3.63, 3.8) is 0 Å². The lowest BCUT2D eigenvalue weighted by Gasteiger charge is -2.18. The van der Waals surface area contributed by atoms with Crippen LogP contribution in [0.3, 0.4) is 0 Å². The van der Waals surface area contributed by atoms with Crippen LogP contribution in [-0.2, 0) is 9.53 Å². The van der Waals surface area contributed by atoms with Crippen molar-refractivity contribution in [1.29, 1.82) is 0 Å². The van der Waals surface area contributed by atoms with Crippen molar-refractivity contribution in [2.24, 2.45) is 5.92 Å². The van der Waals surface area contributed by atoms with E-state index in [9.17, 15) is 22.8 Å². The van der Waals surface area contributed by atoms with Crippen molar-refractivity contribution in [3.05, 3.63) is 82.7 Å². The van der Waals surface area contributed by atoms with E-state index in [1.807, 2.05) is 13.8 Å². The summed E-state index contributed by atoms with van der Waals surface area (Å²) >= 11 is 7.70. The van der Waals surface area contributed by atoms with Crippen LogP contribution >= 0.6 is 23.4 Å². The Kier molecular flexibility index (Phi) is 10.3. The van der Waals surface area contributed by atoms with Crippen molar-refractivity contribution < 1.29 is 27.5 Å². The highest BCUT2D eigenvalue weighted by molar-refractivity contribution is 8.00. The fraction of sp³-hybridized carbons (Fsp3) is 0.280. The first-order valence-electron chi connectivity index (χ1n) is 10.5. The van der Waals surface area contributed by atoms with Crippen LogP contribution in [0.25, 0.3) is 0 Å². The van der Waals surface area contributed by atoms with Crippen molar-refractivity contribution in [2.75, 3.05) is 11.9 Å². The van der Waals surface area contributed by atoms with Gasteiger partial charge in [-0.3, -0.25) is 4.79 Å². The van der Waals surface area contributed by atoms with Crippen LogP contribution in [-0.4, -0.2) is 23.7 Å². The minimum absolute atomic E-state index is 0.0593. The third-order valence-electron chi connectivity index (χ3n) is 4.75. The van der Waals surface area contributed by atoms with Gasteiger partial charge in [0.25, 0.3) is 5.91 Å². The molecule has 0 spiro atoms. The molecule has 2 atom stereocenters. The number of hydrogen-bond donors (Lipinski definition) is 1. The first kappa shape index (κ1) is 27.5. The monoisotopic (exact) mass is 511 g/mol. The molecule has 182 valence electrons. The summed E-state index contributed by atoms with van der Waals surface area (Å²) in [6, 6.07) is 5.98. The number of carbonyl (C=O) groups is 2. The number of rotatable bonds is 10. The number of halogens is 4. The van der Waals surface area contributed by atoms with Gasteiger partial charge in [0.2, 0.25) is 0 Å². The molecule has 2 aromatic carbocycles. The average Bonchev–Trinajstić information content (AvgIpc) is 2.77. The molecule has 4 nitrogen and oxygen atoms in total. The van der Waals surface area contributed by atoms with Gasteiger partial charge in [-0.1, -0.05) is 36.8 Å². The zero-order chi connectivity index (χ0) is 25.4. The zero-order valence-corrected chi connectivity index (χ0v) is 20.5. The lowest BCUT2D eigenvalue weighted by molar-refractivity contribution is -0.137. The van der Waals surface area contributed by atoms with Gasteiger partial charge in [-0.05, 0) is 44.4 Å². The zero-order valence-electron chi connectivity index (χ0n) is 19.0. The lowest BCUT2D eigenvalue weighted by Crippen LogP contribution is -2.13. The predicted molar refractivity (Wildman–Crippen MR) is 130 cm³/mol. The third kappa shape index (κ3) is 7.95. The maximum atomic E-state index is 13.4. The number of benzene rings is 2. The number of amides is 1. The number of esters is 1. The molecule has 0 aromatic heterocycles. The van der Waals surface area contributed by atoms with E-state index in [1.54, 1.807) is 25.1 Å². The molecule has 0 heterocycles. The Morgan fingerprint density at radius 1 is 1.18 bits per heavy atom. The molecular weight excluding hydrogens is 487 g/mol. The first-order chi connectivity index (χ1) is 16.0. The third-order valence-corrected chi connectivity index (χ3v) is 6.47. The van der Waals surface area contributed by atoms with Crippen molar-refractivity contribution in [1.82, 2.24) is 0 Å². The molecule has 0 aliphatic rings. The number of hydrogen-bond acceptors (Lipinski definition) is 4. The molecule has 2 rings (SSSR count). The highest BCUT2D eigenvalue weighted by atomic mass is 35.5. The van der Waals surface area contributed by atoms with Crippen LogP contribution in [0.4, 0.5) is 18.9 Å². The summed E-state index contributed by atoms with van der Waals surface area (Å²) in [7, 11) is 0. The molecular formula is C25H25ClF3NO3S. The smallest absolute Gasteiger partial charge is 0.330 e. The van der Waals surface area contributed by atoms with Crippen LogP contribution in [0.5, 0.6) is 0 Å². The Balaban J connectivity index is 2.05. The summed E-state index contributed by atoms with van der Waals surface area (Å²) in [5.74, 6) is -5.38. The van der Waals surface area contributed by atoms with E-state index in [-0.39, 0.29) is 22.4 Å². The number of carbonyl (C=O) groups excluding carboxylic acids is 2. The van der Waals surface area contributed by atoms with Gasteiger partial charge in [-0.25, -0.2) is 18.0 Å². The summed E-state index contributed by atoms with van der Waals surface area (Å²) in [5, 5.41) is 2.71. The minimum Gasteiger partial charge on any atom is -0.463 e. The van der Waals surface area contributed by atoms with Gasteiger partial charge in [0.1, 0.15) is 0 Å². The summed E-state index contributed by atoms with van der Waals surface area (Å²) in [4.78, 5) is 24.6. The van der Waals surface area contributed by atoms with E-state index >= 15 is 0 Å². The van der Waals surface area contributed by atoms with Gasteiger partial charge >= 0.3 is 5.97 Å². The molecule has 0 radical (unpaired) electrons. The summed E-state index contributed by atoms with van der Waals surface area (Å²) in [5.41, 5.74) is 0.909. The molecule has 2 aromatic rings. The lowest BCUT2D eigenvalue weighted by atomic mass is 10.00. The number of allylic oxidation sites excluding steroid dienone is 1. The first-order valence-corrected chi connectivity index (χ1v) is 11.7. The quantitative estimate of drug-likeness (QED) is 0.120. The van der Waals surface area contributed by atoms with Gasteiger partial charge in [0.05, 0.1) is 11.6 Å². The van der Waals surface area contributed by atoms with E-state index in [0.29, 0.717) is 35.1 Å². The van der Waals surface area contributed by atoms with E-state index < -0.39 is 29.3 Å². The molecule has 0 fully saturated rings. The van der Waals surface area contributed by atoms with Crippen molar-refractivity contribution in [3.8, 4) is 0 Å². The van der Waals surface area contributed by atoms with E-state index in [0.717, 1.165) is 5.57 Å². The molecule has 9 heteroatoms. The molecule has 0 aliphatic carbocycles. The Hall–Kier alpha value is -2.71. The van der Waals surface area contributed by atoms with Crippen LogP contribution < -0.4 is 5.32 Å². The molecule has 1 amide bonds. The minimum atomic E-state index is -1.61. The normalized spacial score (nSPS) is 12.9. The molecule has 1 N–H and O–H groups in total. The SMILES string of the molecule is C=C(CC(C)/C=C/C(=O)OCC)[C@H](C)Sc1cc(C(=O)Nc2cc(F)c(F)c(F)c2)ccc1Cl. The van der Waals surface area contributed by atoms with Gasteiger partial charge in [-0.2, -0.15) is 0 Å². The Bertz CT molecular complexity index is 1080. The maximum Gasteiger partial charge on any atom is 0.330 e. The number of anilines is 1. The Labute approximate surface area is 206 Å². The number of ether oxygens (including phenoxy) is 1. The largest absolute Gasteiger partial charge is 0.463 e. The van der Waals surface area contributed by atoms with Crippen LogP contribution in [0.15, 0.2) is 59.5 Å². The molecule has 0 aliphatic heterocycles. The molecule has 34 heavy (non-hydrogen) atoms. The second kappa shape index (κ2) is 12.7. The molecule has 1 unspecified atom stereocenters. The second-order valence-corrected chi connectivity index (χ2v) is 9.35. The Morgan fingerprint density at radius 2 is 1.82 bits per heavy atom. The van der Waals surface area contributed by atoms with Crippen LogP contribution in [0, 0.1) is 23.4 Å². The Morgan fingerprint density at radius 3 is 2.44 bits per heavy atom. The highest BCUT2D eigenvalue weighted by Gasteiger charge is 2.17. The summed E-state index contributed by atoms with van der Waals surface area (Å²) in [6.45, 7) is 10.1.